The zero-order chi connectivity index (χ0) is 15.5. The molecule has 1 heterocycles. The molecule has 0 aliphatic heterocycles. The molecule has 5 nitrogen and oxygen atoms in total. The van der Waals surface area contributed by atoms with Crippen LogP contribution in [0.3, 0.4) is 0 Å². The van der Waals surface area contributed by atoms with E-state index in [0.717, 1.165) is 41.2 Å². The van der Waals surface area contributed by atoms with Crippen molar-refractivity contribution in [3.8, 4) is 17.1 Å². The lowest BCUT2D eigenvalue weighted by Gasteiger charge is -2.04. The highest BCUT2D eigenvalue weighted by Crippen LogP contribution is 2.23. The van der Waals surface area contributed by atoms with Crippen LogP contribution in [-0.4, -0.2) is 22.4 Å². The molecule has 0 saturated heterocycles. The number of nitrogen functional groups attached to an aromatic ring is 1. The van der Waals surface area contributed by atoms with Gasteiger partial charge < -0.3 is 15.5 Å². The number of fused-ring (bicyclic) bond motifs is 1. The normalized spacial score (nSPS) is 10.8. The molecule has 0 amide bonds. The summed E-state index contributed by atoms with van der Waals surface area (Å²) in [4.78, 5) is 7.83. The van der Waals surface area contributed by atoms with Gasteiger partial charge in [0.15, 0.2) is 0 Å². The van der Waals surface area contributed by atoms with Crippen LogP contribution in [0.25, 0.3) is 22.4 Å². The molecular weight excluding hydrogens is 276 g/mol. The van der Waals surface area contributed by atoms with Gasteiger partial charge in [0.05, 0.1) is 17.6 Å². The Bertz CT molecular complexity index is 805. The van der Waals surface area contributed by atoms with Gasteiger partial charge in [0, 0.05) is 11.1 Å². The van der Waals surface area contributed by atoms with Gasteiger partial charge in [-0.2, -0.15) is 0 Å². The molecule has 0 unspecified atom stereocenters. The highest BCUT2D eigenvalue weighted by molar-refractivity contribution is 5.98. The second kappa shape index (κ2) is 5.89. The van der Waals surface area contributed by atoms with Crippen LogP contribution in [0.15, 0.2) is 42.5 Å². The van der Waals surface area contributed by atoms with Crippen LogP contribution < -0.4 is 10.5 Å². The molecule has 3 rings (SSSR count). The van der Waals surface area contributed by atoms with Gasteiger partial charge in [-0.25, -0.2) is 4.98 Å². The van der Waals surface area contributed by atoms with Crippen LogP contribution in [0.4, 0.5) is 0 Å². The second-order valence-electron chi connectivity index (χ2n) is 5.10. The quantitative estimate of drug-likeness (QED) is 0.498. The Labute approximate surface area is 128 Å². The van der Waals surface area contributed by atoms with Crippen LogP contribution in [0.2, 0.25) is 0 Å². The van der Waals surface area contributed by atoms with Crippen molar-refractivity contribution in [2.24, 2.45) is 5.73 Å². The van der Waals surface area contributed by atoms with Crippen molar-refractivity contribution in [2.75, 3.05) is 6.61 Å². The van der Waals surface area contributed by atoms with Crippen LogP contribution in [0, 0.1) is 5.41 Å². The van der Waals surface area contributed by atoms with Crippen LogP contribution in [0.5, 0.6) is 5.75 Å². The Kier molecular flexibility index (Phi) is 3.78. The lowest BCUT2D eigenvalue weighted by molar-refractivity contribution is 0.317. The molecular formula is C17H18N4O. The third kappa shape index (κ3) is 2.79. The Balaban J connectivity index is 1.91. The van der Waals surface area contributed by atoms with Gasteiger partial charge in [0.2, 0.25) is 0 Å². The molecule has 0 radical (unpaired) electrons. The van der Waals surface area contributed by atoms with Crippen LogP contribution in [0.1, 0.15) is 18.9 Å². The molecule has 0 fully saturated rings. The highest BCUT2D eigenvalue weighted by Gasteiger charge is 2.07. The third-order valence-corrected chi connectivity index (χ3v) is 3.39. The second-order valence-corrected chi connectivity index (χ2v) is 5.10. The molecule has 0 aliphatic carbocycles. The SMILES string of the molecule is CCCOc1ccc(-c2nc3ccc(C(=N)N)cc3[nH]2)cc1. The van der Waals surface area contributed by atoms with E-state index in [2.05, 4.69) is 16.9 Å². The van der Waals surface area contributed by atoms with Crippen molar-refractivity contribution in [3.63, 3.8) is 0 Å². The van der Waals surface area contributed by atoms with E-state index in [9.17, 15) is 0 Å². The van der Waals surface area contributed by atoms with Crippen molar-refractivity contribution in [3.05, 3.63) is 48.0 Å². The predicted octanol–water partition coefficient (Wildman–Crippen LogP) is 3.30. The first-order chi connectivity index (χ1) is 10.7. The van der Waals surface area contributed by atoms with Gasteiger partial charge in [0.1, 0.15) is 17.4 Å². The molecule has 4 N–H and O–H groups in total. The monoisotopic (exact) mass is 294 g/mol. The topological polar surface area (TPSA) is 87.8 Å². The number of H-pyrrole nitrogens is 1. The number of ether oxygens (including phenoxy) is 1. The standard InChI is InChI=1S/C17H18N4O/c1-2-9-22-13-6-3-11(4-7-13)17-20-14-8-5-12(16(18)19)10-15(14)21-17/h3-8,10H,2,9H2,1H3,(H3,18,19)(H,20,21). The maximum Gasteiger partial charge on any atom is 0.138 e. The molecule has 5 heteroatoms. The van der Waals surface area contributed by atoms with Gasteiger partial charge >= 0.3 is 0 Å². The first-order valence-electron chi connectivity index (χ1n) is 7.25. The Morgan fingerprint density at radius 2 is 2.00 bits per heavy atom. The first kappa shape index (κ1) is 14.1. The minimum Gasteiger partial charge on any atom is -0.494 e. The van der Waals surface area contributed by atoms with Crippen molar-refractivity contribution < 1.29 is 4.74 Å². The molecule has 1 aromatic heterocycles. The minimum absolute atomic E-state index is 0.0514. The van der Waals surface area contributed by atoms with E-state index >= 15 is 0 Å². The molecule has 0 atom stereocenters. The van der Waals surface area contributed by atoms with E-state index in [4.69, 9.17) is 15.9 Å². The van der Waals surface area contributed by atoms with E-state index in [1.54, 1.807) is 6.07 Å². The Hall–Kier alpha value is -2.82. The van der Waals surface area contributed by atoms with Gasteiger partial charge in [0.25, 0.3) is 0 Å². The number of aromatic nitrogens is 2. The molecule has 0 saturated carbocycles. The molecule has 2 aromatic carbocycles. The zero-order valence-electron chi connectivity index (χ0n) is 12.4. The number of imidazole rings is 1. The van der Waals surface area contributed by atoms with Crippen molar-refractivity contribution in [1.82, 2.24) is 9.97 Å². The number of rotatable bonds is 5. The smallest absolute Gasteiger partial charge is 0.138 e. The van der Waals surface area contributed by atoms with Gasteiger partial charge in [-0.05, 0) is 48.9 Å². The number of nitrogens with one attached hydrogen (secondary N) is 2. The fraction of sp³-hybridized carbons (Fsp3) is 0.176. The van der Waals surface area contributed by atoms with E-state index in [0.29, 0.717) is 5.56 Å². The summed E-state index contributed by atoms with van der Waals surface area (Å²) in [5, 5.41) is 7.49. The van der Waals surface area contributed by atoms with Gasteiger partial charge in [-0.1, -0.05) is 6.92 Å². The number of hydrogen-bond donors (Lipinski definition) is 3. The number of amidine groups is 1. The largest absolute Gasteiger partial charge is 0.494 e. The molecule has 0 bridgehead atoms. The van der Waals surface area contributed by atoms with E-state index < -0.39 is 0 Å². The molecule has 0 aliphatic rings. The molecule has 0 spiro atoms. The van der Waals surface area contributed by atoms with E-state index in [1.807, 2.05) is 36.4 Å². The van der Waals surface area contributed by atoms with Crippen molar-refractivity contribution >= 4 is 16.9 Å². The summed E-state index contributed by atoms with van der Waals surface area (Å²) < 4.78 is 5.58. The first-order valence-corrected chi connectivity index (χ1v) is 7.25. The average Bonchev–Trinajstić information content (AvgIpc) is 2.96. The van der Waals surface area contributed by atoms with Gasteiger partial charge in [-0.15, -0.1) is 0 Å². The summed E-state index contributed by atoms with van der Waals surface area (Å²) in [7, 11) is 0. The van der Waals surface area contributed by atoms with Crippen molar-refractivity contribution in [2.45, 2.75) is 13.3 Å². The molecule has 112 valence electrons. The third-order valence-electron chi connectivity index (χ3n) is 3.39. The van der Waals surface area contributed by atoms with Gasteiger partial charge in [-0.3, -0.25) is 5.41 Å². The Morgan fingerprint density at radius 1 is 1.23 bits per heavy atom. The summed E-state index contributed by atoms with van der Waals surface area (Å²) in [6, 6.07) is 13.4. The summed E-state index contributed by atoms with van der Waals surface area (Å²) >= 11 is 0. The average molecular weight is 294 g/mol. The summed E-state index contributed by atoms with van der Waals surface area (Å²) in [6.45, 7) is 2.80. The number of nitrogens with two attached hydrogens (primary N) is 1. The van der Waals surface area contributed by atoms with Crippen molar-refractivity contribution in [1.29, 1.82) is 5.41 Å². The number of aromatic amines is 1. The van der Waals surface area contributed by atoms with Crippen LogP contribution in [-0.2, 0) is 0 Å². The summed E-state index contributed by atoms with van der Waals surface area (Å²) in [5.41, 5.74) is 8.91. The molecule has 22 heavy (non-hydrogen) atoms. The minimum atomic E-state index is 0.0514. The lowest BCUT2D eigenvalue weighted by atomic mass is 10.2. The number of benzene rings is 2. The molecule has 3 aromatic rings. The number of nitrogens with zero attached hydrogens (tertiary/aromatic N) is 1. The Morgan fingerprint density at radius 3 is 2.68 bits per heavy atom. The fourth-order valence-electron chi connectivity index (χ4n) is 2.24. The maximum absolute atomic E-state index is 7.49. The highest BCUT2D eigenvalue weighted by atomic mass is 16.5. The fourth-order valence-corrected chi connectivity index (χ4v) is 2.24. The van der Waals surface area contributed by atoms with E-state index in [1.165, 1.54) is 0 Å². The summed E-state index contributed by atoms with van der Waals surface area (Å²) in [5.74, 6) is 1.70. The van der Waals surface area contributed by atoms with Crippen LogP contribution >= 0.6 is 0 Å². The predicted molar refractivity (Wildman–Crippen MR) is 88.3 cm³/mol. The van der Waals surface area contributed by atoms with E-state index in [-0.39, 0.29) is 5.84 Å². The zero-order valence-corrected chi connectivity index (χ0v) is 12.4. The number of hydrogen-bond acceptors (Lipinski definition) is 3. The lowest BCUT2D eigenvalue weighted by Crippen LogP contribution is -2.10. The maximum atomic E-state index is 7.49. The summed E-state index contributed by atoms with van der Waals surface area (Å²) in [6.07, 6.45) is 0.990.